The Labute approximate surface area is 106 Å². The van der Waals surface area contributed by atoms with E-state index in [0.29, 0.717) is 6.04 Å². The summed E-state index contributed by atoms with van der Waals surface area (Å²) in [5.74, 6) is 1.09. The van der Waals surface area contributed by atoms with Crippen molar-refractivity contribution in [3.63, 3.8) is 0 Å². The highest BCUT2D eigenvalue weighted by Crippen LogP contribution is 2.41. The summed E-state index contributed by atoms with van der Waals surface area (Å²) in [7, 11) is 0. The van der Waals surface area contributed by atoms with Gasteiger partial charge in [0.2, 0.25) is 0 Å². The Bertz CT molecular complexity index is 693. The smallest absolute Gasteiger partial charge is 0.141 e. The number of fused-ring (bicyclic) bond motifs is 1. The number of rotatable bonds is 2. The van der Waals surface area contributed by atoms with Crippen LogP contribution in [0.1, 0.15) is 18.9 Å². The molecule has 1 aliphatic rings. The molecule has 1 heterocycles. The van der Waals surface area contributed by atoms with Crippen LogP contribution in [0.25, 0.3) is 22.4 Å². The third-order valence-corrected chi connectivity index (χ3v) is 3.48. The van der Waals surface area contributed by atoms with Gasteiger partial charge < -0.3 is 4.57 Å². The zero-order valence-corrected chi connectivity index (χ0v) is 10.0. The quantitative estimate of drug-likeness (QED) is 0.657. The lowest BCUT2D eigenvalue weighted by Crippen LogP contribution is -1.96. The number of hydrogen-bond donors (Lipinski definition) is 0. The van der Waals surface area contributed by atoms with Crippen molar-refractivity contribution in [3.05, 3.63) is 54.6 Å². The van der Waals surface area contributed by atoms with E-state index < -0.39 is 0 Å². The van der Waals surface area contributed by atoms with E-state index in [0.717, 1.165) is 11.3 Å². The summed E-state index contributed by atoms with van der Waals surface area (Å²) in [6.07, 6.45) is 2.54. The lowest BCUT2D eigenvalue weighted by atomic mass is 10.2. The topological polar surface area (TPSA) is 17.8 Å². The Morgan fingerprint density at radius 3 is 2.72 bits per heavy atom. The molecule has 1 aliphatic carbocycles. The van der Waals surface area contributed by atoms with Crippen LogP contribution in [0, 0.1) is 6.07 Å². The van der Waals surface area contributed by atoms with Crippen molar-refractivity contribution in [2.75, 3.05) is 0 Å². The van der Waals surface area contributed by atoms with Gasteiger partial charge in [0, 0.05) is 11.6 Å². The van der Waals surface area contributed by atoms with Gasteiger partial charge in [-0.05, 0) is 31.0 Å². The predicted octanol–water partition coefficient (Wildman–Crippen LogP) is 3.84. The summed E-state index contributed by atoms with van der Waals surface area (Å²) in [5.41, 5.74) is 3.47. The molecule has 1 aromatic heterocycles. The first-order valence-electron chi connectivity index (χ1n) is 6.37. The van der Waals surface area contributed by atoms with E-state index in [9.17, 15) is 0 Å². The second-order valence-electron chi connectivity index (χ2n) is 4.82. The minimum atomic E-state index is 0.632. The van der Waals surface area contributed by atoms with Crippen LogP contribution in [-0.2, 0) is 0 Å². The molecular weight excluding hydrogens is 220 g/mol. The fourth-order valence-electron chi connectivity index (χ4n) is 2.48. The maximum Gasteiger partial charge on any atom is 0.141 e. The van der Waals surface area contributed by atoms with Crippen LogP contribution in [0.3, 0.4) is 0 Å². The van der Waals surface area contributed by atoms with Crippen molar-refractivity contribution < 1.29 is 0 Å². The fourth-order valence-corrected chi connectivity index (χ4v) is 2.48. The molecule has 0 N–H and O–H groups in total. The third kappa shape index (κ3) is 1.46. The van der Waals surface area contributed by atoms with Gasteiger partial charge in [-0.25, -0.2) is 4.98 Å². The molecule has 0 aliphatic heterocycles. The Kier molecular flexibility index (Phi) is 2.04. The molecule has 2 nitrogen and oxygen atoms in total. The van der Waals surface area contributed by atoms with Crippen molar-refractivity contribution in [2.24, 2.45) is 0 Å². The molecule has 1 saturated carbocycles. The summed E-state index contributed by atoms with van der Waals surface area (Å²) in [5, 5.41) is 0. The standard InChI is InChI=1S/C16H13N2/c1-2-6-12(7-3-1)16-17-14-8-4-5-9-15(14)18(16)13-10-11-13/h1-3,5-9,13H,10-11H2. The monoisotopic (exact) mass is 233 g/mol. The van der Waals surface area contributed by atoms with Gasteiger partial charge in [-0.2, -0.15) is 0 Å². The summed E-state index contributed by atoms with van der Waals surface area (Å²) in [6.45, 7) is 0. The molecule has 4 rings (SSSR count). The van der Waals surface area contributed by atoms with Crippen LogP contribution in [0.4, 0.5) is 0 Å². The first-order chi connectivity index (χ1) is 8.93. The second-order valence-corrected chi connectivity index (χ2v) is 4.82. The van der Waals surface area contributed by atoms with Crippen LogP contribution in [0.15, 0.2) is 48.5 Å². The zero-order valence-electron chi connectivity index (χ0n) is 10.0. The minimum absolute atomic E-state index is 0.632. The Balaban J connectivity index is 2.02. The maximum atomic E-state index is 4.78. The Morgan fingerprint density at radius 1 is 1.11 bits per heavy atom. The van der Waals surface area contributed by atoms with Gasteiger partial charge in [-0.3, -0.25) is 0 Å². The molecule has 18 heavy (non-hydrogen) atoms. The molecule has 0 saturated heterocycles. The molecular formula is C16H13N2. The van der Waals surface area contributed by atoms with Crippen molar-refractivity contribution in [1.82, 2.24) is 9.55 Å². The molecule has 0 unspecified atom stereocenters. The molecule has 2 heteroatoms. The van der Waals surface area contributed by atoms with Crippen LogP contribution in [-0.4, -0.2) is 9.55 Å². The summed E-state index contributed by atoms with van der Waals surface area (Å²) in [4.78, 5) is 4.78. The number of aromatic nitrogens is 2. The van der Waals surface area contributed by atoms with Crippen LogP contribution in [0.2, 0.25) is 0 Å². The van der Waals surface area contributed by atoms with Gasteiger partial charge in [0.05, 0.1) is 11.0 Å². The van der Waals surface area contributed by atoms with Gasteiger partial charge in [-0.15, -0.1) is 0 Å². The SMILES string of the molecule is [c]1ccc2c(c1)nc(-c1ccccc1)n2C1CC1. The third-order valence-electron chi connectivity index (χ3n) is 3.48. The average Bonchev–Trinajstić information content (AvgIpc) is 3.19. The number of imidazole rings is 1. The minimum Gasteiger partial charge on any atom is -0.321 e. The zero-order chi connectivity index (χ0) is 11.9. The lowest BCUT2D eigenvalue weighted by Gasteiger charge is -2.07. The van der Waals surface area contributed by atoms with E-state index in [-0.39, 0.29) is 0 Å². The highest BCUT2D eigenvalue weighted by atomic mass is 15.1. The van der Waals surface area contributed by atoms with E-state index in [1.54, 1.807) is 0 Å². The van der Waals surface area contributed by atoms with Gasteiger partial charge in [0.15, 0.2) is 0 Å². The molecule has 1 fully saturated rings. The van der Waals surface area contributed by atoms with Gasteiger partial charge >= 0.3 is 0 Å². The van der Waals surface area contributed by atoms with E-state index >= 15 is 0 Å². The average molecular weight is 233 g/mol. The van der Waals surface area contributed by atoms with E-state index in [1.807, 2.05) is 18.2 Å². The summed E-state index contributed by atoms with van der Waals surface area (Å²) < 4.78 is 2.39. The normalized spacial score (nSPS) is 15.1. The van der Waals surface area contributed by atoms with E-state index in [4.69, 9.17) is 4.98 Å². The lowest BCUT2D eigenvalue weighted by molar-refractivity contribution is 0.775. The van der Waals surface area contributed by atoms with Crippen LogP contribution >= 0.6 is 0 Å². The van der Waals surface area contributed by atoms with Crippen molar-refractivity contribution >= 4 is 11.0 Å². The molecule has 3 aromatic rings. The Morgan fingerprint density at radius 2 is 1.94 bits per heavy atom. The molecule has 0 spiro atoms. The van der Waals surface area contributed by atoms with Gasteiger partial charge in [0.1, 0.15) is 5.82 Å². The number of benzene rings is 2. The van der Waals surface area contributed by atoms with E-state index in [2.05, 4.69) is 41.0 Å². The second kappa shape index (κ2) is 3.70. The van der Waals surface area contributed by atoms with Crippen molar-refractivity contribution in [3.8, 4) is 11.4 Å². The maximum absolute atomic E-state index is 4.78. The Hall–Kier alpha value is -2.09. The molecule has 2 aromatic carbocycles. The highest BCUT2D eigenvalue weighted by molar-refractivity contribution is 5.80. The van der Waals surface area contributed by atoms with Gasteiger partial charge in [-0.1, -0.05) is 36.4 Å². The van der Waals surface area contributed by atoms with Crippen LogP contribution < -0.4 is 0 Å². The summed E-state index contributed by atoms with van der Waals surface area (Å²) >= 11 is 0. The number of nitrogens with zero attached hydrogens (tertiary/aromatic N) is 2. The van der Waals surface area contributed by atoms with Crippen molar-refractivity contribution in [1.29, 1.82) is 0 Å². The molecule has 0 bridgehead atoms. The molecule has 0 atom stereocenters. The van der Waals surface area contributed by atoms with Gasteiger partial charge in [0.25, 0.3) is 0 Å². The molecule has 87 valence electrons. The highest BCUT2D eigenvalue weighted by Gasteiger charge is 2.28. The fraction of sp³-hybridized carbons (Fsp3) is 0.188. The predicted molar refractivity (Wildman–Crippen MR) is 72.3 cm³/mol. The number of hydrogen-bond acceptors (Lipinski definition) is 1. The molecule has 1 radical (unpaired) electrons. The summed E-state index contributed by atoms with van der Waals surface area (Å²) in [6, 6.07) is 20.2. The first-order valence-corrected chi connectivity index (χ1v) is 6.37. The largest absolute Gasteiger partial charge is 0.321 e. The van der Waals surface area contributed by atoms with Crippen molar-refractivity contribution in [2.45, 2.75) is 18.9 Å². The van der Waals surface area contributed by atoms with E-state index in [1.165, 1.54) is 23.9 Å². The molecule has 0 amide bonds. The first kappa shape index (κ1) is 9.89. The van der Waals surface area contributed by atoms with Crippen LogP contribution in [0.5, 0.6) is 0 Å².